The summed E-state index contributed by atoms with van der Waals surface area (Å²) in [6, 6.07) is 9.47. The lowest BCUT2D eigenvalue weighted by Gasteiger charge is -2.04. The lowest BCUT2D eigenvalue weighted by Crippen LogP contribution is -2.12. The molecule has 0 aliphatic rings. The van der Waals surface area contributed by atoms with Gasteiger partial charge in [-0.1, -0.05) is 5.16 Å². The molecule has 1 aromatic carbocycles. The summed E-state index contributed by atoms with van der Waals surface area (Å²) in [6.45, 7) is 4.11. The molecule has 1 amide bonds. The van der Waals surface area contributed by atoms with Gasteiger partial charge in [0.15, 0.2) is 0 Å². The number of anilines is 1. The van der Waals surface area contributed by atoms with E-state index in [-0.39, 0.29) is 12.3 Å². The number of rotatable bonds is 5. The van der Waals surface area contributed by atoms with Crippen molar-refractivity contribution in [3.8, 4) is 11.4 Å². The highest BCUT2D eigenvalue weighted by Gasteiger charge is 2.11. The van der Waals surface area contributed by atoms with Gasteiger partial charge in [0.25, 0.3) is 0 Å². The first-order valence-corrected chi connectivity index (χ1v) is 8.72. The van der Waals surface area contributed by atoms with E-state index in [0.717, 1.165) is 27.8 Å². The summed E-state index contributed by atoms with van der Waals surface area (Å²) in [5.74, 6) is 0.837. The number of aryl methyl sites for hydroxylation is 3. The summed E-state index contributed by atoms with van der Waals surface area (Å²) in [5, 5.41) is 7.99. The van der Waals surface area contributed by atoms with Crippen LogP contribution in [-0.4, -0.2) is 26.0 Å². The second-order valence-corrected chi connectivity index (χ2v) is 6.43. The van der Waals surface area contributed by atoms with Gasteiger partial charge in [-0.2, -0.15) is 4.98 Å². The maximum Gasteiger partial charge on any atom is 0.227 e. The van der Waals surface area contributed by atoms with Crippen LogP contribution in [0.25, 0.3) is 22.3 Å². The number of nitrogens with one attached hydrogen (secondary N) is 2. The monoisotopic (exact) mass is 361 g/mol. The normalized spacial score (nSPS) is 11.0. The van der Waals surface area contributed by atoms with Crippen LogP contribution in [0.15, 0.2) is 47.2 Å². The first-order chi connectivity index (χ1) is 13.1. The number of pyridine rings is 1. The van der Waals surface area contributed by atoms with Gasteiger partial charge in [-0.25, -0.2) is 0 Å². The van der Waals surface area contributed by atoms with Crippen molar-refractivity contribution in [2.75, 3.05) is 5.32 Å². The Morgan fingerprint density at radius 2 is 2.00 bits per heavy atom. The summed E-state index contributed by atoms with van der Waals surface area (Å²) < 4.78 is 5.23. The summed E-state index contributed by atoms with van der Waals surface area (Å²) in [5.41, 5.74) is 5.00. The third kappa shape index (κ3) is 3.57. The van der Waals surface area contributed by atoms with Gasteiger partial charge in [0.05, 0.1) is 0 Å². The van der Waals surface area contributed by atoms with Crippen LogP contribution >= 0.6 is 0 Å². The third-order valence-corrected chi connectivity index (χ3v) is 4.56. The van der Waals surface area contributed by atoms with Crippen molar-refractivity contribution in [3.05, 3.63) is 59.9 Å². The highest BCUT2D eigenvalue weighted by Crippen LogP contribution is 2.24. The van der Waals surface area contributed by atoms with Gasteiger partial charge in [0, 0.05) is 53.1 Å². The SMILES string of the molecule is Cc1[nH]c2ccc(NC(=O)CCc3nc(-c4ccncc4)no3)cc2c1C. The van der Waals surface area contributed by atoms with Gasteiger partial charge in [-0.05, 0) is 49.7 Å². The average molecular weight is 361 g/mol. The fourth-order valence-corrected chi connectivity index (χ4v) is 2.96. The van der Waals surface area contributed by atoms with Crippen molar-refractivity contribution < 1.29 is 9.32 Å². The van der Waals surface area contributed by atoms with Crippen molar-refractivity contribution in [3.63, 3.8) is 0 Å². The van der Waals surface area contributed by atoms with Gasteiger partial charge in [0.2, 0.25) is 17.6 Å². The van der Waals surface area contributed by atoms with E-state index >= 15 is 0 Å². The molecule has 0 radical (unpaired) electrons. The Morgan fingerprint density at radius 3 is 2.81 bits per heavy atom. The molecule has 7 heteroatoms. The molecule has 0 atom stereocenters. The summed E-state index contributed by atoms with van der Waals surface area (Å²) in [4.78, 5) is 23.9. The largest absolute Gasteiger partial charge is 0.358 e. The van der Waals surface area contributed by atoms with Crippen molar-refractivity contribution >= 4 is 22.5 Å². The van der Waals surface area contributed by atoms with E-state index in [1.165, 1.54) is 5.56 Å². The number of hydrogen-bond acceptors (Lipinski definition) is 5. The molecule has 0 bridgehead atoms. The van der Waals surface area contributed by atoms with E-state index < -0.39 is 0 Å². The highest BCUT2D eigenvalue weighted by molar-refractivity contribution is 5.95. The quantitative estimate of drug-likeness (QED) is 0.563. The molecule has 0 aliphatic carbocycles. The van der Waals surface area contributed by atoms with Crippen LogP contribution in [0.1, 0.15) is 23.6 Å². The van der Waals surface area contributed by atoms with Crippen LogP contribution < -0.4 is 5.32 Å². The molecule has 0 spiro atoms. The maximum atomic E-state index is 12.3. The number of nitrogens with zero attached hydrogens (tertiary/aromatic N) is 3. The zero-order valence-corrected chi connectivity index (χ0v) is 15.1. The minimum absolute atomic E-state index is 0.0945. The van der Waals surface area contributed by atoms with Crippen molar-refractivity contribution in [2.24, 2.45) is 0 Å². The van der Waals surface area contributed by atoms with E-state index in [4.69, 9.17) is 4.52 Å². The van der Waals surface area contributed by atoms with Crippen molar-refractivity contribution in [1.29, 1.82) is 0 Å². The molecular formula is C20H19N5O2. The van der Waals surface area contributed by atoms with Crippen molar-refractivity contribution in [1.82, 2.24) is 20.1 Å². The number of carbonyl (C=O) groups excluding carboxylic acids is 1. The molecule has 136 valence electrons. The molecule has 7 nitrogen and oxygen atoms in total. The summed E-state index contributed by atoms with van der Waals surface area (Å²) >= 11 is 0. The standard InChI is InChI=1S/C20H19N5O2/c1-12-13(2)22-17-4-3-15(11-16(12)17)23-18(26)5-6-19-24-20(25-27-19)14-7-9-21-10-8-14/h3-4,7-11,22H,5-6H2,1-2H3,(H,23,26). The molecule has 0 saturated carbocycles. The number of carbonyl (C=O) groups is 1. The number of hydrogen-bond donors (Lipinski definition) is 2. The van der Waals surface area contributed by atoms with Gasteiger partial charge in [-0.15, -0.1) is 0 Å². The molecule has 4 rings (SSSR count). The molecule has 0 fully saturated rings. The predicted octanol–water partition coefficient (Wildman–Crippen LogP) is 3.80. The first kappa shape index (κ1) is 17.0. The lowest BCUT2D eigenvalue weighted by atomic mass is 10.1. The molecular weight excluding hydrogens is 342 g/mol. The number of amides is 1. The van der Waals surface area contributed by atoms with Crippen LogP contribution in [-0.2, 0) is 11.2 Å². The Morgan fingerprint density at radius 1 is 1.19 bits per heavy atom. The zero-order chi connectivity index (χ0) is 18.8. The van der Waals surface area contributed by atoms with Gasteiger partial charge in [0.1, 0.15) is 0 Å². The minimum atomic E-state index is -0.0945. The summed E-state index contributed by atoms with van der Waals surface area (Å²) in [7, 11) is 0. The molecule has 27 heavy (non-hydrogen) atoms. The number of aromatic amines is 1. The molecule has 3 heterocycles. The maximum absolute atomic E-state index is 12.3. The number of benzene rings is 1. The molecule has 0 unspecified atom stereocenters. The number of fused-ring (bicyclic) bond motifs is 1. The molecule has 0 aliphatic heterocycles. The van der Waals surface area contributed by atoms with E-state index in [2.05, 4.69) is 32.3 Å². The Hall–Kier alpha value is -3.48. The van der Waals surface area contributed by atoms with Crippen LogP contribution in [0.5, 0.6) is 0 Å². The Balaban J connectivity index is 1.39. The number of H-pyrrole nitrogens is 1. The van der Waals surface area contributed by atoms with E-state index in [1.54, 1.807) is 12.4 Å². The Labute approximate surface area is 155 Å². The van der Waals surface area contributed by atoms with Crippen LogP contribution in [0.2, 0.25) is 0 Å². The molecule has 0 saturated heterocycles. The highest BCUT2D eigenvalue weighted by atomic mass is 16.5. The smallest absolute Gasteiger partial charge is 0.227 e. The van der Waals surface area contributed by atoms with Crippen LogP contribution in [0.4, 0.5) is 5.69 Å². The van der Waals surface area contributed by atoms with E-state index in [1.807, 2.05) is 37.3 Å². The molecule has 2 N–H and O–H groups in total. The fraction of sp³-hybridized carbons (Fsp3) is 0.200. The fourth-order valence-electron chi connectivity index (χ4n) is 2.96. The van der Waals surface area contributed by atoms with E-state index in [0.29, 0.717) is 18.1 Å². The Bertz CT molecular complexity index is 1100. The van der Waals surface area contributed by atoms with Crippen molar-refractivity contribution in [2.45, 2.75) is 26.7 Å². The van der Waals surface area contributed by atoms with Gasteiger partial charge >= 0.3 is 0 Å². The molecule has 3 aromatic heterocycles. The van der Waals surface area contributed by atoms with Crippen LogP contribution in [0.3, 0.4) is 0 Å². The zero-order valence-electron chi connectivity index (χ0n) is 15.1. The third-order valence-electron chi connectivity index (χ3n) is 4.56. The Kier molecular flexibility index (Phi) is 4.42. The first-order valence-electron chi connectivity index (χ1n) is 8.72. The second kappa shape index (κ2) is 7.03. The second-order valence-electron chi connectivity index (χ2n) is 6.43. The topological polar surface area (TPSA) is 96.7 Å². The average Bonchev–Trinajstić information content (AvgIpc) is 3.26. The van der Waals surface area contributed by atoms with E-state index in [9.17, 15) is 4.79 Å². The summed E-state index contributed by atoms with van der Waals surface area (Å²) in [6.07, 6.45) is 3.99. The predicted molar refractivity (Wildman–Crippen MR) is 102 cm³/mol. The van der Waals surface area contributed by atoms with Gasteiger partial charge < -0.3 is 14.8 Å². The van der Waals surface area contributed by atoms with Gasteiger partial charge in [-0.3, -0.25) is 9.78 Å². The minimum Gasteiger partial charge on any atom is -0.358 e. The molecule has 4 aromatic rings. The lowest BCUT2D eigenvalue weighted by molar-refractivity contribution is -0.116. The number of aromatic nitrogens is 4. The van der Waals surface area contributed by atoms with Crippen LogP contribution in [0, 0.1) is 13.8 Å².